The predicted molar refractivity (Wildman–Crippen MR) is 109 cm³/mol. The monoisotopic (exact) mass is 386 g/mol. The van der Waals surface area contributed by atoms with E-state index in [-0.39, 0.29) is 0 Å². The van der Waals surface area contributed by atoms with Crippen LogP contribution in [-0.4, -0.2) is 50.6 Å². The highest BCUT2D eigenvalue weighted by Crippen LogP contribution is 2.19. The second-order valence-corrected chi connectivity index (χ2v) is 6.83. The average molecular weight is 386 g/mol. The summed E-state index contributed by atoms with van der Waals surface area (Å²) in [6.45, 7) is 7.37. The smallest absolute Gasteiger partial charge is 0.191 e. The fourth-order valence-corrected chi connectivity index (χ4v) is 2.97. The summed E-state index contributed by atoms with van der Waals surface area (Å²) in [6.07, 6.45) is 2.05. The summed E-state index contributed by atoms with van der Waals surface area (Å²) >= 11 is 0. The van der Waals surface area contributed by atoms with Gasteiger partial charge in [-0.2, -0.15) is 0 Å². The van der Waals surface area contributed by atoms with Crippen LogP contribution in [0.1, 0.15) is 25.5 Å². The molecule has 2 N–H and O–H groups in total. The number of hydrogen-bond acceptors (Lipinski definition) is 5. The molecular weight excluding hydrogens is 356 g/mol. The van der Waals surface area contributed by atoms with Crippen LogP contribution >= 0.6 is 0 Å². The van der Waals surface area contributed by atoms with E-state index in [9.17, 15) is 0 Å². The minimum atomic E-state index is 0.462. The summed E-state index contributed by atoms with van der Waals surface area (Å²) in [7, 11) is 0. The Morgan fingerprint density at radius 3 is 2.96 bits per heavy atom. The van der Waals surface area contributed by atoms with Crippen LogP contribution in [0.4, 0.5) is 0 Å². The van der Waals surface area contributed by atoms with Gasteiger partial charge in [-0.1, -0.05) is 35.5 Å². The van der Waals surface area contributed by atoms with Crippen molar-refractivity contribution in [1.29, 1.82) is 0 Å². The molecule has 7 nitrogen and oxygen atoms in total. The van der Waals surface area contributed by atoms with E-state index < -0.39 is 0 Å². The van der Waals surface area contributed by atoms with Crippen molar-refractivity contribution >= 4 is 5.96 Å². The Kier molecular flexibility index (Phi) is 8.33. The first-order valence-corrected chi connectivity index (χ1v) is 10.0. The summed E-state index contributed by atoms with van der Waals surface area (Å²) < 4.78 is 16.5. The Morgan fingerprint density at radius 1 is 1.29 bits per heavy atom. The third kappa shape index (κ3) is 6.65. The molecule has 0 radical (unpaired) electrons. The molecule has 0 amide bonds. The summed E-state index contributed by atoms with van der Waals surface area (Å²) in [5.41, 5.74) is 1.82. The number of guanidine groups is 1. The van der Waals surface area contributed by atoms with Crippen LogP contribution in [0.25, 0.3) is 11.3 Å². The van der Waals surface area contributed by atoms with Gasteiger partial charge in [0, 0.05) is 43.9 Å². The lowest BCUT2D eigenvalue weighted by Gasteiger charge is -2.12. The first-order chi connectivity index (χ1) is 13.8. The molecule has 0 saturated carbocycles. The number of ether oxygens (including phenoxy) is 2. The van der Waals surface area contributed by atoms with Gasteiger partial charge < -0.3 is 24.6 Å². The number of nitrogens with zero attached hydrogens (tertiary/aromatic N) is 2. The molecule has 2 heterocycles. The van der Waals surface area contributed by atoms with E-state index in [0.717, 1.165) is 75.3 Å². The largest absolute Gasteiger partial charge is 0.381 e. The van der Waals surface area contributed by atoms with E-state index in [2.05, 4.69) is 20.8 Å². The van der Waals surface area contributed by atoms with Crippen molar-refractivity contribution in [2.45, 2.75) is 26.3 Å². The molecule has 0 spiro atoms. The maximum absolute atomic E-state index is 5.73. The maximum atomic E-state index is 5.73. The van der Waals surface area contributed by atoms with Crippen molar-refractivity contribution in [1.82, 2.24) is 15.8 Å². The fourth-order valence-electron chi connectivity index (χ4n) is 2.97. The zero-order valence-electron chi connectivity index (χ0n) is 16.5. The van der Waals surface area contributed by atoms with E-state index in [1.54, 1.807) is 0 Å². The molecule has 1 fully saturated rings. The zero-order chi connectivity index (χ0) is 19.4. The molecule has 7 heteroatoms. The number of aromatic nitrogens is 1. The van der Waals surface area contributed by atoms with Crippen LogP contribution in [0.3, 0.4) is 0 Å². The van der Waals surface area contributed by atoms with Crippen LogP contribution in [0, 0.1) is 5.92 Å². The Hall–Kier alpha value is -2.38. The van der Waals surface area contributed by atoms with Gasteiger partial charge in [0.05, 0.1) is 19.8 Å². The molecule has 1 aliphatic heterocycles. The quantitative estimate of drug-likeness (QED) is 0.371. The molecule has 1 aromatic heterocycles. The van der Waals surface area contributed by atoms with Gasteiger partial charge >= 0.3 is 0 Å². The Bertz CT molecular complexity index is 711. The second-order valence-electron chi connectivity index (χ2n) is 6.83. The van der Waals surface area contributed by atoms with Crippen LogP contribution in [0.15, 0.2) is 45.9 Å². The maximum Gasteiger partial charge on any atom is 0.191 e. The molecule has 1 aromatic carbocycles. The van der Waals surface area contributed by atoms with Crippen molar-refractivity contribution in [2.75, 3.05) is 39.5 Å². The number of aliphatic imine (C=N–C) groups is 1. The summed E-state index contributed by atoms with van der Waals surface area (Å²) in [5, 5.41) is 10.7. The molecule has 0 aliphatic carbocycles. The summed E-state index contributed by atoms with van der Waals surface area (Å²) in [4.78, 5) is 4.59. The van der Waals surface area contributed by atoms with Crippen molar-refractivity contribution in [3.63, 3.8) is 0 Å². The molecule has 1 aliphatic rings. The van der Waals surface area contributed by atoms with Gasteiger partial charge in [-0.15, -0.1) is 0 Å². The van der Waals surface area contributed by atoms with Gasteiger partial charge in [0.2, 0.25) is 0 Å². The summed E-state index contributed by atoms with van der Waals surface area (Å²) in [5.74, 6) is 2.10. The van der Waals surface area contributed by atoms with Gasteiger partial charge in [0.1, 0.15) is 5.69 Å². The molecule has 2 aromatic rings. The van der Waals surface area contributed by atoms with Crippen LogP contribution in [0.2, 0.25) is 0 Å². The average Bonchev–Trinajstić information content (AvgIpc) is 3.41. The standard InChI is InChI=1S/C21H30N4O3/c1-2-22-21(23-10-6-11-26-15-17-9-12-27-16-17)24-14-19-13-20(28-25-19)18-7-4-3-5-8-18/h3-5,7-8,13,17H,2,6,9-12,14-16H2,1H3,(H2,22,23,24). The highest BCUT2D eigenvalue weighted by atomic mass is 16.5. The van der Waals surface area contributed by atoms with Crippen LogP contribution in [0.5, 0.6) is 0 Å². The normalized spacial score (nSPS) is 17.0. The summed E-state index contributed by atoms with van der Waals surface area (Å²) in [6, 6.07) is 11.9. The van der Waals surface area contributed by atoms with E-state index >= 15 is 0 Å². The Labute approximate surface area is 166 Å². The molecular formula is C21H30N4O3. The third-order valence-electron chi connectivity index (χ3n) is 4.50. The lowest BCUT2D eigenvalue weighted by Crippen LogP contribution is -2.38. The van der Waals surface area contributed by atoms with E-state index in [1.165, 1.54) is 0 Å². The van der Waals surface area contributed by atoms with Gasteiger partial charge in [-0.05, 0) is 19.8 Å². The molecule has 1 atom stereocenters. The van der Waals surface area contributed by atoms with Gasteiger partial charge in [-0.3, -0.25) is 0 Å². The van der Waals surface area contributed by atoms with E-state index in [0.29, 0.717) is 12.5 Å². The molecule has 1 unspecified atom stereocenters. The predicted octanol–water partition coefficient (Wildman–Crippen LogP) is 2.84. The lowest BCUT2D eigenvalue weighted by molar-refractivity contribution is 0.0888. The number of rotatable bonds is 10. The van der Waals surface area contributed by atoms with E-state index in [1.807, 2.05) is 43.3 Å². The third-order valence-corrected chi connectivity index (χ3v) is 4.50. The molecule has 28 heavy (non-hydrogen) atoms. The SMILES string of the molecule is CCNC(=NCc1cc(-c2ccccc2)on1)NCCCOCC1CCOC1. The van der Waals surface area contributed by atoms with Crippen LogP contribution in [-0.2, 0) is 16.0 Å². The van der Waals surface area contributed by atoms with Gasteiger partial charge in [0.15, 0.2) is 11.7 Å². The molecule has 1 saturated heterocycles. The topological polar surface area (TPSA) is 80.9 Å². The lowest BCUT2D eigenvalue weighted by atomic mass is 10.1. The van der Waals surface area contributed by atoms with Gasteiger partial charge in [-0.25, -0.2) is 4.99 Å². The second kappa shape index (κ2) is 11.5. The zero-order valence-corrected chi connectivity index (χ0v) is 16.5. The first kappa shape index (κ1) is 20.4. The highest BCUT2D eigenvalue weighted by Gasteiger charge is 2.15. The number of benzene rings is 1. The number of nitrogens with one attached hydrogen (secondary N) is 2. The van der Waals surface area contributed by atoms with Gasteiger partial charge in [0.25, 0.3) is 0 Å². The minimum Gasteiger partial charge on any atom is -0.381 e. The molecule has 0 bridgehead atoms. The van der Waals surface area contributed by atoms with Crippen molar-refractivity contribution in [2.24, 2.45) is 10.9 Å². The van der Waals surface area contributed by atoms with Crippen LogP contribution < -0.4 is 10.6 Å². The van der Waals surface area contributed by atoms with Crippen molar-refractivity contribution < 1.29 is 14.0 Å². The Balaban J connectivity index is 1.39. The van der Waals surface area contributed by atoms with Crippen molar-refractivity contribution in [3.8, 4) is 11.3 Å². The molecule has 3 rings (SSSR count). The van der Waals surface area contributed by atoms with E-state index in [4.69, 9.17) is 14.0 Å². The first-order valence-electron chi connectivity index (χ1n) is 10.0. The fraction of sp³-hybridized carbons (Fsp3) is 0.524. The minimum absolute atomic E-state index is 0.462. The highest BCUT2D eigenvalue weighted by molar-refractivity contribution is 5.79. The number of hydrogen-bond donors (Lipinski definition) is 2. The molecule has 152 valence electrons. The Morgan fingerprint density at radius 2 is 2.18 bits per heavy atom. The van der Waals surface area contributed by atoms with Crippen molar-refractivity contribution in [3.05, 3.63) is 42.1 Å².